The van der Waals surface area contributed by atoms with Gasteiger partial charge in [0.1, 0.15) is 17.9 Å². The van der Waals surface area contributed by atoms with Gasteiger partial charge in [0.25, 0.3) is 5.91 Å². The summed E-state index contributed by atoms with van der Waals surface area (Å²) in [4.78, 5) is 35.5. The van der Waals surface area contributed by atoms with E-state index in [2.05, 4.69) is 5.32 Å². The summed E-state index contributed by atoms with van der Waals surface area (Å²) in [6, 6.07) is 16.1. The zero-order chi connectivity index (χ0) is 28.3. The second-order valence-corrected chi connectivity index (χ2v) is 8.60. The second-order valence-electron chi connectivity index (χ2n) is 7.76. The molecule has 0 bridgehead atoms. The molecule has 0 fully saturated rings. The average Bonchev–Trinajstić information content (AvgIpc) is 2.87. The summed E-state index contributed by atoms with van der Waals surface area (Å²) in [7, 11) is 3.38. The maximum Gasteiger partial charge on any atom is 0.418 e. The molecule has 1 N–H and O–H groups in total. The predicted molar refractivity (Wildman–Crippen MR) is 137 cm³/mol. The molecule has 0 spiro atoms. The summed E-state index contributed by atoms with van der Waals surface area (Å²) < 4.78 is 50.1. The molecule has 0 heterocycles. The Hall–Kier alpha value is -3.76. The highest BCUT2D eigenvalue weighted by atomic mass is 35.5. The Morgan fingerprint density at radius 1 is 1.00 bits per heavy atom. The minimum Gasteiger partial charge on any atom is -0.488 e. The van der Waals surface area contributed by atoms with Gasteiger partial charge in [0.15, 0.2) is 6.61 Å². The van der Waals surface area contributed by atoms with E-state index < -0.39 is 35.9 Å². The number of anilines is 1. The molecule has 0 aliphatic rings. The van der Waals surface area contributed by atoms with Gasteiger partial charge in [-0.1, -0.05) is 53.5 Å². The van der Waals surface area contributed by atoms with Gasteiger partial charge in [-0.05, 0) is 36.4 Å². The van der Waals surface area contributed by atoms with Crippen LogP contribution < -0.4 is 10.1 Å². The zero-order valence-corrected chi connectivity index (χ0v) is 21.7. The minimum atomic E-state index is -4.73. The van der Waals surface area contributed by atoms with Crippen LogP contribution in [0.15, 0.2) is 66.7 Å². The fourth-order valence-electron chi connectivity index (χ4n) is 2.79. The van der Waals surface area contributed by atoms with Crippen molar-refractivity contribution >= 4 is 47.2 Å². The fraction of sp³-hybridized carbons (Fsp3) is 0.192. The first-order valence-corrected chi connectivity index (χ1v) is 11.6. The molecule has 0 radical (unpaired) electrons. The number of benzene rings is 3. The molecule has 38 heavy (non-hydrogen) atoms. The van der Waals surface area contributed by atoms with Gasteiger partial charge >= 0.3 is 12.1 Å². The molecule has 0 aliphatic carbocycles. The highest BCUT2D eigenvalue weighted by molar-refractivity contribution is 6.31. The van der Waals surface area contributed by atoms with Crippen LogP contribution in [-0.2, 0) is 27.1 Å². The van der Waals surface area contributed by atoms with Crippen LogP contribution in [0.4, 0.5) is 18.9 Å². The van der Waals surface area contributed by atoms with Gasteiger partial charge in [-0.15, -0.1) is 0 Å². The van der Waals surface area contributed by atoms with E-state index in [1.54, 1.807) is 50.5 Å². The summed E-state index contributed by atoms with van der Waals surface area (Å²) in [5, 5.41) is 2.43. The maximum absolute atomic E-state index is 13.2. The van der Waals surface area contributed by atoms with Crippen LogP contribution in [0, 0.1) is 0 Å². The first-order chi connectivity index (χ1) is 17.9. The fourth-order valence-corrected chi connectivity index (χ4v) is 3.15. The molecule has 7 nitrogen and oxygen atoms in total. The second kappa shape index (κ2) is 14.3. The molecule has 3 aromatic rings. The Labute approximate surface area is 227 Å². The van der Waals surface area contributed by atoms with E-state index in [4.69, 9.17) is 32.7 Å². The number of alkyl halides is 3. The lowest BCUT2D eigenvalue weighted by Gasteiger charge is -2.14. The number of nitrogens with zero attached hydrogens (tertiary/aromatic N) is 1. The summed E-state index contributed by atoms with van der Waals surface area (Å²) >= 11 is 11.7. The molecule has 0 saturated carbocycles. The smallest absolute Gasteiger partial charge is 0.418 e. The van der Waals surface area contributed by atoms with Gasteiger partial charge in [-0.2, -0.15) is 13.2 Å². The predicted octanol–water partition coefficient (Wildman–Crippen LogP) is 6.09. The molecular weight excluding hydrogens is 548 g/mol. The number of hydrogen-bond acceptors (Lipinski definition) is 5. The van der Waals surface area contributed by atoms with Crippen molar-refractivity contribution < 1.29 is 37.0 Å². The summed E-state index contributed by atoms with van der Waals surface area (Å²) in [6.07, 6.45) is -3.98. The highest BCUT2D eigenvalue weighted by Gasteiger charge is 2.34. The molecule has 3 aromatic carbocycles. The highest BCUT2D eigenvalue weighted by Crippen LogP contribution is 2.36. The van der Waals surface area contributed by atoms with Crippen LogP contribution in [0.2, 0.25) is 10.0 Å². The number of rotatable bonds is 8. The molecule has 0 aliphatic heterocycles. The standard InChI is InChI=1S/C23H16Cl2F3NO4.C3H7NO/c24-15-9-10-19(17(11-15)23(26,27)28)29-21(30)13-33-22(31)16-6-2-4-8-20(16)32-12-14-5-1-3-7-18(14)25;1-4(2)3-5/h1-11H,12-13H2,(H,29,30);3H,1-2H3. The lowest BCUT2D eigenvalue weighted by atomic mass is 10.1. The summed E-state index contributed by atoms with van der Waals surface area (Å²) in [6.45, 7) is -0.723. The molecule has 0 unspecified atom stereocenters. The van der Waals surface area contributed by atoms with E-state index in [9.17, 15) is 27.6 Å². The first-order valence-electron chi connectivity index (χ1n) is 10.8. The number of halogens is 5. The molecular formula is C26H23Cl2F3N2O5. The van der Waals surface area contributed by atoms with Gasteiger partial charge in [-0.3, -0.25) is 9.59 Å². The largest absolute Gasteiger partial charge is 0.488 e. The van der Waals surface area contributed by atoms with Gasteiger partial charge < -0.3 is 19.7 Å². The Morgan fingerprint density at radius 3 is 2.26 bits per heavy atom. The van der Waals surface area contributed by atoms with Crippen LogP contribution in [0.25, 0.3) is 0 Å². The van der Waals surface area contributed by atoms with Crippen LogP contribution in [0.3, 0.4) is 0 Å². The van der Waals surface area contributed by atoms with Crippen molar-refractivity contribution in [2.75, 3.05) is 26.0 Å². The van der Waals surface area contributed by atoms with Crippen molar-refractivity contribution in [3.63, 3.8) is 0 Å². The lowest BCUT2D eigenvalue weighted by Crippen LogP contribution is -2.23. The summed E-state index contributed by atoms with van der Waals surface area (Å²) in [5.74, 6) is -1.64. The third-order valence-corrected chi connectivity index (χ3v) is 5.16. The van der Waals surface area contributed by atoms with Crippen molar-refractivity contribution in [2.24, 2.45) is 0 Å². The van der Waals surface area contributed by atoms with Crippen LogP contribution in [0.5, 0.6) is 5.75 Å². The van der Waals surface area contributed by atoms with Crippen molar-refractivity contribution in [3.8, 4) is 5.75 Å². The number of esters is 1. The quantitative estimate of drug-likeness (QED) is 0.261. The van der Waals surface area contributed by atoms with E-state index in [1.165, 1.54) is 23.1 Å². The van der Waals surface area contributed by atoms with Gasteiger partial charge in [-0.25, -0.2) is 4.79 Å². The van der Waals surface area contributed by atoms with E-state index >= 15 is 0 Å². The number of nitrogens with one attached hydrogen (secondary N) is 1. The summed E-state index contributed by atoms with van der Waals surface area (Å²) in [5.41, 5.74) is -0.880. The van der Waals surface area contributed by atoms with E-state index in [-0.39, 0.29) is 22.9 Å². The van der Waals surface area contributed by atoms with Crippen molar-refractivity contribution in [3.05, 3.63) is 93.5 Å². The van der Waals surface area contributed by atoms with Gasteiger partial charge in [0, 0.05) is 29.7 Å². The number of hydrogen-bond donors (Lipinski definition) is 1. The molecule has 3 rings (SSSR count). The van der Waals surface area contributed by atoms with Crippen molar-refractivity contribution in [2.45, 2.75) is 12.8 Å². The van der Waals surface area contributed by atoms with Crippen LogP contribution in [0.1, 0.15) is 21.5 Å². The average molecular weight is 571 g/mol. The van der Waals surface area contributed by atoms with Gasteiger partial charge in [0.2, 0.25) is 6.41 Å². The number of amides is 2. The molecule has 0 aromatic heterocycles. The Morgan fingerprint density at radius 2 is 1.63 bits per heavy atom. The normalized spacial score (nSPS) is 10.5. The monoisotopic (exact) mass is 570 g/mol. The number of ether oxygens (including phenoxy) is 2. The Balaban J connectivity index is 0.000000926. The number of para-hydroxylation sites is 1. The number of carbonyl (C=O) groups excluding carboxylic acids is 3. The van der Waals surface area contributed by atoms with Crippen LogP contribution >= 0.6 is 23.2 Å². The van der Waals surface area contributed by atoms with Crippen molar-refractivity contribution in [1.82, 2.24) is 4.90 Å². The number of carbonyl (C=O) groups is 3. The van der Waals surface area contributed by atoms with E-state index in [0.29, 0.717) is 16.7 Å². The third-order valence-electron chi connectivity index (χ3n) is 4.55. The first kappa shape index (κ1) is 30.5. The van der Waals surface area contributed by atoms with Crippen molar-refractivity contribution in [1.29, 1.82) is 0 Å². The van der Waals surface area contributed by atoms with Gasteiger partial charge in [0.05, 0.1) is 11.3 Å². The third kappa shape index (κ3) is 9.60. The van der Waals surface area contributed by atoms with E-state index in [0.717, 1.165) is 12.5 Å². The Kier molecular flexibility index (Phi) is 11.4. The van der Waals surface area contributed by atoms with E-state index in [1.807, 2.05) is 0 Å². The molecule has 0 saturated heterocycles. The molecule has 0 atom stereocenters. The van der Waals surface area contributed by atoms with Crippen LogP contribution in [-0.4, -0.2) is 43.9 Å². The SMILES string of the molecule is CN(C)C=O.O=C(COC(=O)c1ccccc1OCc1ccccc1Cl)Nc1ccc(Cl)cc1C(F)(F)F. The molecule has 202 valence electrons. The minimum absolute atomic E-state index is 0.0415. The Bertz CT molecular complexity index is 1270. The molecule has 2 amide bonds. The topological polar surface area (TPSA) is 84.9 Å². The zero-order valence-electron chi connectivity index (χ0n) is 20.2. The lowest BCUT2D eigenvalue weighted by molar-refractivity contribution is -0.137. The maximum atomic E-state index is 13.2. The molecule has 12 heteroatoms.